The zero-order valence-corrected chi connectivity index (χ0v) is 9.29. The second kappa shape index (κ2) is 3.63. The molecule has 4 rings (SSSR count). The molecule has 4 fully saturated rings. The van der Waals surface area contributed by atoms with Crippen LogP contribution in [0.2, 0.25) is 0 Å². The van der Waals surface area contributed by atoms with Crippen LogP contribution in [-0.2, 0) is 0 Å². The van der Waals surface area contributed by atoms with Crippen LogP contribution in [0.25, 0.3) is 0 Å². The molecule has 4 aliphatic rings. The third kappa shape index (κ3) is 1.28. The Morgan fingerprint density at radius 2 is 0.812 bits per heavy atom. The maximum Gasteiger partial charge on any atom is 0.0274 e. The predicted molar refractivity (Wildman–Crippen MR) is 59.4 cm³/mol. The minimum atomic E-state index is 0.636. The zero-order chi connectivity index (χ0) is 10.5. The first-order valence-electron chi connectivity index (χ1n) is 6.45. The molecule has 0 spiro atoms. The van der Waals surface area contributed by atoms with E-state index in [1.54, 1.807) is 0 Å². The molecule has 16 heavy (non-hydrogen) atoms. The van der Waals surface area contributed by atoms with Crippen molar-refractivity contribution in [3.8, 4) is 0 Å². The quantitative estimate of drug-likeness (QED) is 0.301. The molecule has 2 saturated heterocycles. The summed E-state index contributed by atoms with van der Waals surface area (Å²) in [6, 6.07) is 2.54. The number of hydrogen-bond acceptors (Lipinski definition) is 6. The minimum absolute atomic E-state index is 0.636. The van der Waals surface area contributed by atoms with Crippen molar-refractivity contribution < 1.29 is 0 Å². The Morgan fingerprint density at radius 3 is 1.12 bits per heavy atom. The van der Waals surface area contributed by atoms with E-state index in [9.17, 15) is 0 Å². The van der Waals surface area contributed by atoms with Crippen LogP contribution in [0.1, 0.15) is 25.7 Å². The summed E-state index contributed by atoms with van der Waals surface area (Å²) in [5, 5.41) is 0. The lowest BCUT2D eigenvalue weighted by Gasteiger charge is -2.57. The first-order valence-corrected chi connectivity index (χ1v) is 6.45. The molecule has 0 amide bonds. The molecule has 6 nitrogen and oxygen atoms in total. The molecule has 0 bridgehead atoms. The minimum Gasteiger partial charge on any atom is -0.241 e. The van der Waals surface area contributed by atoms with Gasteiger partial charge < -0.3 is 0 Å². The van der Waals surface area contributed by atoms with Crippen LogP contribution in [0.5, 0.6) is 0 Å². The van der Waals surface area contributed by atoms with E-state index in [0.717, 1.165) is 11.8 Å². The highest BCUT2D eigenvalue weighted by molar-refractivity contribution is 5.07. The van der Waals surface area contributed by atoms with E-state index in [0.29, 0.717) is 24.2 Å². The maximum absolute atomic E-state index is 3.40. The largest absolute Gasteiger partial charge is 0.241 e. The van der Waals surface area contributed by atoms with Gasteiger partial charge in [-0.05, 0) is 37.5 Å². The third-order valence-electron chi connectivity index (χ3n) is 4.91. The molecule has 0 aromatic heterocycles. The highest BCUT2D eigenvalue weighted by Crippen LogP contribution is 2.42. The van der Waals surface area contributed by atoms with Gasteiger partial charge in [0.1, 0.15) is 0 Å². The van der Waals surface area contributed by atoms with E-state index in [-0.39, 0.29) is 0 Å². The summed E-state index contributed by atoms with van der Waals surface area (Å²) < 4.78 is 0. The summed E-state index contributed by atoms with van der Waals surface area (Å²) in [5.41, 5.74) is 19.9. The average Bonchev–Trinajstić information content (AvgIpc) is 2.36. The molecule has 0 aromatic rings. The van der Waals surface area contributed by atoms with E-state index in [1.165, 1.54) is 25.7 Å². The van der Waals surface area contributed by atoms with Crippen molar-refractivity contribution in [2.24, 2.45) is 11.8 Å². The molecule has 2 saturated carbocycles. The van der Waals surface area contributed by atoms with Crippen LogP contribution in [0.3, 0.4) is 0 Å². The van der Waals surface area contributed by atoms with Crippen molar-refractivity contribution in [1.82, 2.24) is 32.8 Å². The summed E-state index contributed by atoms with van der Waals surface area (Å²) in [7, 11) is 0. The van der Waals surface area contributed by atoms with Crippen LogP contribution < -0.4 is 32.8 Å². The number of hydrazine groups is 4. The SMILES string of the molecule is C1CC2NNNC3CCC4NNNC1C4C23. The van der Waals surface area contributed by atoms with E-state index in [1.807, 2.05) is 0 Å². The van der Waals surface area contributed by atoms with Gasteiger partial charge in [-0.3, -0.25) is 0 Å². The molecule has 6 N–H and O–H groups in total. The van der Waals surface area contributed by atoms with Crippen LogP contribution in [0.15, 0.2) is 0 Å². The molecule has 2 aliphatic carbocycles. The van der Waals surface area contributed by atoms with Gasteiger partial charge in [-0.1, -0.05) is 0 Å². The Hall–Kier alpha value is -0.240. The zero-order valence-electron chi connectivity index (χ0n) is 9.29. The molecule has 2 heterocycles. The Bertz CT molecular complexity index is 232. The average molecular weight is 224 g/mol. The van der Waals surface area contributed by atoms with E-state index >= 15 is 0 Å². The van der Waals surface area contributed by atoms with Crippen LogP contribution in [0.4, 0.5) is 0 Å². The number of nitrogens with one attached hydrogen (secondary N) is 6. The smallest absolute Gasteiger partial charge is 0.0274 e. The lowest BCUT2D eigenvalue weighted by Crippen LogP contribution is -2.77. The van der Waals surface area contributed by atoms with Crippen molar-refractivity contribution in [2.45, 2.75) is 49.9 Å². The van der Waals surface area contributed by atoms with Gasteiger partial charge in [0.2, 0.25) is 0 Å². The monoisotopic (exact) mass is 224 g/mol. The van der Waals surface area contributed by atoms with E-state index < -0.39 is 0 Å². The summed E-state index contributed by atoms with van der Waals surface area (Å²) in [6.07, 6.45) is 5.05. The second-order valence-electron chi connectivity index (χ2n) is 5.56. The normalized spacial score (nSPS) is 55.5. The maximum atomic E-state index is 3.40. The summed E-state index contributed by atoms with van der Waals surface area (Å²) in [6.45, 7) is 0. The topological polar surface area (TPSA) is 72.2 Å². The Labute approximate surface area is 95.2 Å². The lowest BCUT2D eigenvalue weighted by atomic mass is 9.61. The number of hydrogen-bond donors (Lipinski definition) is 6. The van der Waals surface area contributed by atoms with E-state index in [2.05, 4.69) is 32.8 Å². The van der Waals surface area contributed by atoms with Crippen molar-refractivity contribution in [3.05, 3.63) is 0 Å². The standard InChI is InChI=1S/C10H20N6/c1-2-6-10-8(14-16-12-6)4-3-7-9(10)5(1)11-15-13-7/h5-16H,1-4H2. The summed E-state index contributed by atoms with van der Waals surface area (Å²) in [4.78, 5) is 0. The van der Waals surface area contributed by atoms with Crippen LogP contribution in [-0.4, -0.2) is 24.2 Å². The van der Waals surface area contributed by atoms with E-state index in [4.69, 9.17) is 0 Å². The highest BCUT2D eigenvalue weighted by Gasteiger charge is 2.51. The molecule has 0 radical (unpaired) electrons. The molecule has 6 heteroatoms. The molecule has 0 aromatic carbocycles. The second-order valence-corrected chi connectivity index (χ2v) is 5.56. The van der Waals surface area contributed by atoms with Gasteiger partial charge in [0.25, 0.3) is 0 Å². The van der Waals surface area contributed by atoms with Crippen LogP contribution >= 0.6 is 0 Å². The van der Waals surface area contributed by atoms with Crippen molar-refractivity contribution >= 4 is 0 Å². The van der Waals surface area contributed by atoms with Gasteiger partial charge in [-0.2, -0.15) is 11.1 Å². The Kier molecular flexibility index (Phi) is 2.21. The van der Waals surface area contributed by atoms with Crippen LogP contribution in [0, 0.1) is 11.8 Å². The summed E-state index contributed by atoms with van der Waals surface area (Å²) >= 11 is 0. The molecule has 2 aliphatic heterocycles. The molecule has 4 atom stereocenters. The Balaban J connectivity index is 1.67. The Morgan fingerprint density at radius 1 is 0.500 bits per heavy atom. The van der Waals surface area contributed by atoms with Gasteiger partial charge in [-0.25, -0.2) is 21.7 Å². The molecule has 90 valence electrons. The molecular weight excluding hydrogens is 204 g/mol. The van der Waals surface area contributed by atoms with Gasteiger partial charge in [0, 0.05) is 24.2 Å². The van der Waals surface area contributed by atoms with Gasteiger partial charge in [0.05, 0.1) is 0 Å². The van der Waals surface area contributed by atoms with Crippen molar-refractivity contribution in [1.29, 1.82) is 0 Å². The van der Waals surface area contributed by atoms with Gasteiger partial charge in [0.15, 0.2) is 0 Å². The highest BCUT2D eigenvalue weighted by atomic mass is 15.6. The molecule has 4 unspecified atom stereocenters. The fourth-order valence-electron chi connectivity index (χ4n) is 4.25. The van der Waals surface area contributed by atoms with Crippen molar-refractivity contribution in [3.63, 3.8) is 0 Å². The van der Waals surface area contributed by atoms with Gasteiger partial charge >= 0.3 is 0 Å². The predicted octanol–water partition coefficient (Wildman–Crippen LogP) is -1.49. The first kappa shape index (κ1) is 9.76. The fraction of sp³-hybridized carbons (Fsp3) is 1.00. The molecular formula is C10H20N6. The number of rotatable bonds is 0. The first-order chi connectivity index (χ1) is 7.93. The summed E-state index contributed by atoms with van der Waals surface area (Å²) in [5.74, 6) is 1.50. The van der Waals surface area contributed by atoms with Crippen molar-refractivity contribution in [2.75, 3.05) is 0 Å². The third-order valence-corrected chi connectivity index (χ3v) is 4.91. The van der Waals surface area contributed by atoms with Gasteiger partial charge in [-0.15, -0.1) is 0 Å². The lowest BCUT2D eigenvalue weighted by molar-refractivity contribution is -0.0381. The fourth-order valence-corrected chi connectivity index (χ4v) is 4.25.